The third-order valence-corrected chi connectivity index (χ3v) is 2.63. The second kappa shape index (κ2) is 6.97. The van der Waals surface area contributed by atoms with Gasteiger partial charge in [-0.2, -0.15) is 13.2 Å². The van der Waals surface area contributed by atoms with Crippen LogP contribution in [0.2, 0.25) is 0 Å². The number of carbonyl (C=O) groups is 2. The predicted octanol–water partition coefficient (Wildman–Crippen LogP) is 2.47. The van der Waals surface area contributed by atoms with Crippen LogP contribution in [0.3, 0.4) is 0 Å². The highest BCUT2D eigenvalue weighted by molar-refractivity contribution is 5.99. The van der Waals surface area contributed by atoms with Crippen LogP contribution < -0.4 is 10.1 Å². The lowest BCUT2D eigenvalue weighted by molar-refractivity contribution is -0.139. The second-order valence-electron chi connectivity index (χ2n) is 4.34. The van der Waals surface area contributed by atoms with Crippen molar-refractivity contribution >= 4 is 11.9 Å². The number of halogens is 3. The summed E-state index contributed by atoms with van der Waals surface area (Å²) in [5.41, 5.74) is -1.43. The van der Waals surface area contributed by atoms with Gasteiger partial charge >= 0.3 is 12.1 Å². The van der Waals surface area contributed by atoms with E-state index in [2.05, 4.69) is 11.9 Å². The van der Waals surface area contributed by atoms with Gasteiger partial charge in [0.25, 0.3) is 5.91 Å². The fourth-order valence-corrected chi connectivity index (χ4v) is 1.49. The molecule has 0 bridgehead atoms. The topological polar surface area (TPSA) is 75.6 Å². The Balaban J connectivity index is 3.18. The van der Waals surface area contributed by atoms with Crippen molar-refractivity contribution in [1.82, 2.24) is 5.32 Å². The highest BCUT2D eigenvalue weighted by Crippen LogP contribution is 2.32. The SMILES string of the molecule is C=CCOc1ccc(C(F)(F)F)cc1C(=O)N[C@@H](C)C(=O)O. The second-order valence-corrected chi connectivity index (χ2v) is 4.34. The molecule has 8 heteroatoms. The van der Waals surface area contributed by atoms with Crippen LogP contribution in [0.1, 0.15) is 22.8 Å². The molecule has 22 heavy (non-hydrogen) atoms. The number of carbonyl (C=O) groups excluding carboxylic acids is 1. The predicted molar refractivity (Wildman–Crippen MR) is 71.7 cm³/mol. The van der Waals surface area contributed by atoms with Gasteiger partial charge in [0, 0.05) is 0 Å². The van der Waals surface area contributed by atoms with E-state index in [1.54, 1.807) is 0 Å². The molecule has 0 unspecified atom stereocenters. The van der Waals surface area contributed by atoms with E-state index in [-0.39, 0.29) is 12.4 Å². The quantitative estimate of drug-likeness (QED) is 0.790. The minimum absolute atomic E-state index is 0.0138. The fraction of sp³-hybridized carbons (Fsp3) is 0.286. The summed E-state index contributed by atoms with van der Waals surface area (Å²) in [6.45, 7) is 4.57. The van der Waals surface area contributed by atoms with Crippen LogP contribution in [-0.2, 0) is 11.0 Å². The molecule has 2 N–H and O–H groups in total. The Bertz CT molecular complexity index is 584. The number of ether oxygens (including phenoxy) is 1. The largest absolute Gasteiger partial charge is 0.489 e. The van der Waals surface area contributed by atoms with Crippen molar-refractivity contribution in [3.63, 3.8) is 0 Å². The summed E-state index contributed by atoms with van der Waals surface area (Å²) in [5, 5.41) is 10.8. The summed E-state index contributed by atoms with van der Waals surface area (Å²) in [6.07, 6.45) is -3.27. The van der Waals surface area contributed by atoms with Crippen molar-refractivity contribution < 1.29 is 32.6 Å². The van der Waals surface area contributed by atoms with Gasteiger partial charge in [0.1, 0.15) is 18.4 Å². The Morgan fingerprint density at radius 3 is 2.59 bits per heavy atom. The van der Waals surface area contributed by atoms with Crippen molar-refractivity contribution in [2.24, 2.45) is 0 Å². The highest BCUT2D eigenvalue weighted by atomic mass is 19.4. The molecular weight excluding hydrogens is 303 g/mol. The van der Waals surface area contributed by atoms with Crippen molar-refractivity contribution in [1.29, 1.82) is 0 Å². The zero-order chi connectivity index (χ0) is 16.9. The van der Waals surface area contributed by atoms with Crippen molar-refractivity contribution in [2.75, 3.05) is 6.61 Å². The van der Waals surface area contributed by atoms with Gasteiger partial charge in [-0.15, -0.1) is 0 Å². The van der Waals surface area contributed by atoms with Gasteiger partial charge in [0.15, 0.2) is 0 Å². The molecule has 0 heterocycles. The van der Waals surface area contributed by atoms with E-state index < -0.39 is 35.2 Å². The number of nitrogens with one attached hydrogen (secondary N) is 1. The van der Waals surface area contributed by atoms with E-state index in [0.29, 0.717) is 6.07 Å². The number of hydrogen-bond acceptors (Lipinski definition) is 3. The molecule has 0 aliphatic carbocycles. The lowest BCUT2D eigenvalue weighted by Gasteiger charge is -2.15. The molecule has 1 aromatic rings. The third kappa shape index (κ3) is 4.51. The number of rotatable bonds is 6. The van der Waals surface area contributed by atoms with E-state index in [1.807, 2.05) is 0 Å². The number of hydrogen-bond donors (Lipinski definition) is 2. The summed E-state index contributed by atoms with van der Waals surface area (Å²) in [7, 11) is 0. The van der Waals surface area contributed by atoms with E-state index in [0.717, 1.165) is 12.1 Å². The minimum Gasteiger partial charge on any atom is -0.489 e. The first kappa shape index (κ1) is 17.5. The summed E-state index contributed by atoms with van der Waals surface area (Å²) in [6, 6.07) is 1.14. The molecule has 0 aliphatic rings. The maximum Gasteiger partial charge on any atom is 0.416 e. The van der Waals surface area contributed by atoms with Crippen LogP contribution in [0.4, 0.5) is 13.2 Å². The lowest BCUT2D eigenvalue weighted by Crippen LogP contribution is -2.38. The lowest BCUT2D eigenvalue weighted by atomic mass is 10.1. The molecule has 1 atom stereocenters. The molecule has 0 radical (unpaired) electrons. The number of carboxylic acids is 1. The van der Waals surface area contributed by atoms with Gasteiger partial charge in [-0.25, -0.2) is 0 Å². The van der Waals surface area contributed by atoms with Crippen molar-refractivity contribution in [3.05, 3.63) is 42.0 Å². The first-order valence-electron chi connectivity index (χ1n) is 6.15. The zero-order valence-electron chi connectivity index (χ0n) is 11.6. The Hall–Kier alpha value is -2.51. The standard InChI is InChI=1S/C14H14F3NO4/c1-3-6-22-11-5-4-9(14(15,16)17)7-10(11)12(19)18-8(2)13(20)21/h3-5,7-8H,1,6H2,2H3,(H,18,19)(H,20,21)/t8-/m0/s1. The first-order valence-corrected chi connectivity index (χ1v) is 6.15. The number of amides is 1. The highest BCUT2D eigenvalue weighted by Gasteiger charge is 2.32. The average Bonchev–Trinajstić information content (AvgIpc) is 2.43. The molecule has 0 spiro atoms. The van der Waals surface area contributed by atoms with Crippen molar-refractivity contribution in [3.8, 4) is 5.75 Å². The van der Waals surface area contributed by atoms with Gasteiger partial charge in [0.2, 0.25) is 0 Å². The fourth-order valence-electron chi connectivity index (χ4n) is 1.49. The van der Waals surface area contributed by atoms with Crippen LogP contribution in [0.25, 0.3) is 0 Å². The average molecular weight is 317 g/mol. The molecule has 0 aromatic heterocycles. The first-order chi connectivity index (χ1) is 10.2. The van der Waals surface area contributed by atoms with Crippen LogP contribution in [0.5, 0.6) is 5.75 Å². The zero-order valence-corrected chi connectivity index (χ0v) is 11.6. The molecule has 5 nitrogen and oxygen atoms in total. The van der Waals surface area contributed by atoms with Crippen molar-refractivity contribution in [2.45, 2.75) is 19.1 Å². The van der Waals surface area contributed by atoms with E-state index >= 15 is 0 Å². The molecule has 120 valence electrons. The van der Waals surface area contributed by atoms with Gasteiger partial charge in [-0.05, 0) is 25.1 Å². The molecule has 1 rings (SSSR count). The van der Waals surface area contributed by atoms with E-state index in [1.165, 1.54) is 13.0 Å². The normalized spacial score (nSPS) is 12.4. The molecule has 0 saturated heterocycles. The molecule has 1 aromatic carbocycles. The molecule has 0 aliphatic heterocycles. The van der Waals surface area contributed by atoms with Gasteiger partial charge in [-0.1, -0.05) is 12.7 Å². The maximum absolute atomic E-state index is 12.7. The number of aliphatic carboxylic acids is 1. The van der Waals surface area contributed by atoms with Crippen LogP contribution >= 0.6 is 0 Å². The summed E-state index contributed by atoms with van der Waals surface area (Å²) >= 11 is 0. The Morgan fingerprint density at radius 2 is 2.09 bits per heavy atom. The van der Waals surface area contributed by atoms with Gasteiger partial charge in [-0.3, -0.25) is 9.59 Å². The summed E-state index contributed by atoms with van der Waals surface area (Å²) in [4.78, 5) is 22.7. The Morgan fingerprint density at radius 1 is 1.45 bits per heavy atom. The summed E-state index contributed by atoms with van der Waals surface area (Å²) < 4.78 is 43.3. The number of alkyl halides is 3. The molecule has 0 fully saturated rings. The Labute approximate surface area is 124 Å². The molecule has 1 amide bonds. The summed E-state index contributed by atoms with van der Waals surface area (Å²) in [5.74, 6) is -2.38. The smallest absolute Gasteiger partial charge is 0.416 e. The molecular formula is C14H14F3NO4. The van der Waals surface area contributed by atoms with Gasteiger partial charge in [0.05, 0.1) is 11.1 Å². The van der Waals surface area contributed by atoms with E-state index in [4.69, 9.17) is 9.84 Å². The number of benzene rings is 1. The monoisotopic (exact) mass is 317 g/mol. The van der Waals surface area contributed by atoms with Crippen LogP contribution in [0, 0.1) is 0 Å². The minimum atomic E-state index is -4.63. The Kier molecular flexibility index (Phi) is 5.56. The maximum atomic E-state index is 12.7. The van der Waals surface area contributed by atoms with Gasteiger partial charge < -0.3 is 15.2 Å². The number of carboxylic acid groups (broad SMARTS) is 1. The van der Waals surface area contributed by atoms with Crippen LogP contribution in [0.15, 0.2) is 30.9 Å². The van der Waals surface area contributed by atoms with E-state index in [9.17, 15) is 22.8 Å². The molecule has 0 saturated carbocycles. The third-order valence-electron chi connectivity index (χ3n) is 2.63. The van der Waals surface area contributed by atoms with Crippen LogP contribution in [-0.4, -0.2) is 29.6 Å².